The summed E-state index contributed by atoms with van der Waals surface area (Å²) in [5, 5.41) is 3.06. The molecule has 3 rings (SSSR count). The maximum Gasteiger partial charge on any atom is 0.234 e. The van der Waals surface area contributed by atoms with Crippen LogP contribution in [0.3, 0.4) is 0 Å². The van der Waals surface area contributed by atoms with Gasteiger partial charge in [0.1, 0.15) is 0 Å². The lowest BCUT2D eigenvalue weighted by atomic mass is 9.94. The second-order valence-electron chi connectivity index (χ2n) is 7.47. The van der Waals surface area contributed by atoms with E-state index in [0.717, 1.165) is 43.9 Å². The Hall–Kier alpha value is -1.75. The fourth-order valence-corrected chi connectivity index (χ4v) is 3.97. The standard InChI is InChI=1S/C21H32N2O3/c1-3-5-7-18-11-17(13-23(18)14-21(24)22-10-6-4-2)16-8-9-19-20(12-16)26-15-25-19/h8-9,12,17-18H,3-7,10-11,13-15H2,1-2H3,(H,22,24). The van der Waals surface area contributed by atoms with Crippen molar-refractivity contribution >= 4 is 5.91 Å². The number of carbonyl (C=O) groups excluding carboxylic acids is 1. The molecule has 1 saturated heterocycles. The number of benzene rings is 1. The number of rotatable bonds is 9. The molecule has 5 nitrogen and oxygen atoms in total. The highest BCUT2D eigenvalue weighted by Gasteiger charge is 2.34. The highest BCUT2D eigenvalue weighted by molar-refractivity contribution is 5.78. The maximum absolute atomic E-state index is 12.3. The lowest BCUT2D eigenvalue weighted by Gasteiger charge is -2.23. The molecule has 1 aromatic rings. The summed E-state index contributed by atoms with van der Waals surface area (Å²) in [6, 6.07) is 6.77. The van der Waals surface area contributed by atoms with Crippen LogP contribution in [-0.2, 0) is 4.79 Å². The van der Waals surface area contributed by atoms with Crippen LogP contribution in [0, 0.1) is 0 Å². The van der Waals surface area contributed by atoms with Crippen LogP contribution in [-0.4, -0.2) is 43.3 Å². The molecule has 0 bridgehead atoms. The number of fused-ring (bicyclic) bond motifs is 1. The van der Waals surface area contributed by atoms with Gasteiger partial charge in [-0.25, -0.2) is 0 Å². The molecule has 2 aliphatic heterocycles. The fourth-order valence-electron chi connectivity index (χ4n) is 3.97. The van der Waals surface area contributed by atoms with Gasteiger partial charge in [-0.15, -0.1) is 0 Å². The average Bonchev–Trinajstić information content (AvgIpc) is 3.26. The first-order chi connectivity index (χ1) is 12.7. The molecule has 2 unspecified atom stereocenters. The van der Waals surface area contributed by atoms with E-state index in [1.807, 2.05) is 6.07 Å². The van der Waals surface area contributed by atoms with E-state index in [4.69, 9.17) is 9.47 Å². The fraction of sp³-hybridized carbons (Fsp3) is 0.667. The van der Waals surface area contributed by atoms with Crippen LogP contribution in [0.5, 0.6) is 11.5 Å². The molecule has 1 fully saturated rings. The van der Waals surface area contributed by atoms with Gasteiger partial charge in [0, 0.05) is 19.1 Å². The molecule has 5 heteroatoms. The predicted octanol–water partition coefficient (Wildman–Crippen LogP) is 3.68. The van der Waals surface area contributed by atoms with Gasteiger partial charge in [-0.05, 0) is 42.9 Å². The molecule has 0 spiro atoms. The zero-order valence-corrected chi connectivity index (χ0v) is 16.1. The van der Waals surface area contributed by atoms with E-state index in [-0.39, 0.29) is 5.91 Å². The summed E-state index contributed by atoms with van der Waals surface area (Å²) in [6.45, 7) is 6.92. The molecule has 0 saturated carbocycles. The van der Waals surface area contributed by atoms with E-state index in [1.165, 1.54) is 24.8 Å². The van der Waals surface area contributed by atoms with Crippen molar-refractivity contribution < 1.29 is 14.3 Å². The Balaban J connectivity index is 1.63. The zero-order chi connectivity index (χ0) is 18.4. The molecule has 2 aliphatic rings. The summed E-state index contributed by atoms with van der Waals surface area (Å²) in [7, 11) is 0. The zero-order valence-electron chi connectivity index (χ0n) is 16.1. The molecule has 1 aromatic carbocycles. The third-order valence-corrected chi connectivity index (χ3v) is 5.49. The van der Waals surface area contributed by atoms with E-state index < -0.39 is 0 Å². The van der Waals surface area contributed by atoms with Crippen LogP contribution in [0.2, 0.25) is 0 Å². The predicted molar refractivity (Wildman–Crippen MR) is 103 cm³/mol. The number of amides is 1. The van der Waals surface area contributed by atoms with E-state index in [0.29, 0.717) is 25.3 Å². The summed E-state index contributed by atoms with van der Waals surface area (Å²) in [5.74, 6) is 2.30. The van der Waals surface area contributed by atoms with Crippen LogP contribution in [0.25, 0.3) is 0 Å². The molecule has 1 amide bonds. The molecule has 144 valence electrons. The molecule has 26 heavy (non-hydrogen) atoms. The first kappa shape index (κ1) is 19.0. The number of carbonyl (C=O) groups is 1. The highest BCUT2D eigenvalue weighted by Crippen LogP contribution is 2.39. The lowest BCUT2D eigenvalue weighted by Crippen LogP contribution is -2.40. The Morgan fingerprint density at radius 3 is 2.81 bits per heavy atom. The largest absolute Gasteiger partial charge is 0.454 e. The number of ether oxygens (including phenoxy) is 2. The Morgan fingerprint density at radius 2 is 2.00 bits per heavy atom. The number of hydrogen-bond donors (Lipinski definition) is 1. The van der Waals surface area contributed by atoms with Crippen molar-refractivity contribution in [1.82, 2.24) is 10.2 Å². The van der Waals surface area contributed by atoms with E-state index in [1.54, 1.807) is 0 Å². The van der Waals surface area contributed by atoms with Crippen molar-refractivity contribution in [3.05, 3.63) is 23.8 Å². The minimum atomic E-state index is 0.159. The number of nitrogens with zero attached hydrogens (tertiary/aromatic N) is 1. The monoisotopic (exact) mass is 360 g/mol. The third kappa shape index (κ3) is 4.70. The minimum absolute atomic E-state index is 0.159. The SMILES string of the molecule is CCCCNC(=O)CN1CC(c2ccc3c(c2)OCO3)CC1CCCC. The Morgan fingerprint density at radius 1 is 1.19 bits per heavy atom. The summed E-state index contributed by atoms with van der Waals surface area (Å²) in [6.07, 6.45) is 6.84. The van der Waals surface area contributed by atoms with Crippen LogP contribution in [0.15, 0.2) is 18.2 Å². The Labute approximate surface area is 157 Å². The van der Waals surface area contributed by atoms with E-state index in [9.17, 15) is 4.79 Å². The first-order valence-corrected chi connectivity index (χ1v) is 10.1. The number of hydrogen-bond acceptors (Lipinski definition) is 4. The van der Waals surface area contributed by atoms with Gasteiger partial charge in [-0.1, -0.05) is 39.2 Å². The van der Waals surface area contributed by atoms with Gasteiger partial charge in [-0.2, -0.15) is 0 Å². The van der Waals surface area contributed by atoms with Gasteiger partial charge in [0.05, 0.1) is 6.54 Å². The van der Waals surface area contributed by atoms with Crippen molar-refractivity contribution in [2.24, 2.45) is 0 Å². The molecule has 2 atom stereocenters. The van der Waals surface area contributed by atoms with Gasteiger partial charge >= 0.3 is 0 Å². The van der Waals surface area contributed by atoms with Gasteiger partial charge in [-0.3, -0.25) is 9.69 Å². The number of nitrogens with one attached hydrogen (secondary N) is 1. The van der Waals surface area contributed by atoms with Crippen LogP contribution in [0.4, 0.5) is 0 Å². The van der Waals surface area contributed by atoms with E-state index in [2.05, 4.69) is 36.2 Å². The molecule has 0 aliphatic carbocycles. The van der Waals surface area contributed by atoms with Crippen molar-refractivity contribution in [1.29, 1.82) is 0 Å². The van der Waals surface area contributed by atoms with Gasteiger partial charge in [0.25, 0.3) is 0 Å². The third-order valence-electron chi connectivity index (χ3n) is 5.49. The lowest BCUT2D eigenvalue weighted by molar-refractivity contribution is -0.122. The molecular formula is C21H32N2O3. The van der Waals surface area contributed by atoms with Crippen LogP contribution < -0.4 is 14.8 Å². The molecule has 2 heterocycles. The quantitative estimate of drug-likeness (QED) is 0.683. The average molecular weight is 360 g/mol. The first-order valence-electron chi connectivity index (χ1n) is 10.1. The van der Waals surface area contributed by atoms with Gasteiger partial charge < -0.3 is 14.8 Å². The second kappa shape index (κ2) is 9.26. The summed E-state index contributed by atoms with van der Waals surface area (Å²) >= 11 is 0. The smallest absolute Gasteiger partial charge is 0.234 e. The summed E-state index contributed by atoms with van der Waals surface area (Å²) < 4.78 is 11.0. The normalized spacial score (nSPS) is 21.9. The molecule has 1 N–H and O–H groups in total. The number of likely N-dealkylation sites (tertiary alicyclic amines) is 1. The molecule has 0 radical (unpaired) electrons. The van der Waals surface area contributed by atoms with Gasteiger partial charge in [0.15, 0.2) is 11.5 Å². The minimum Gasteiger partial charge on any atom is -0.454 e. The highest BCUT2D eigenvalue weighted by atomic mass is 16.7. The molecular weight excluding hydrogens is 328 g/mol. The second-order valence-corrected chi connectivity index (χ2v) is 7.47. The molecule has 0 aromatic heterocycles. The Bertz CT molecular complexity index is 605. The Kier molecular flexibility index (Phi) is 6.78. The number of unbranched alkanes of at least 4 members (excludes halogenated alkanes) is 2. The van der Waals surface area contributed by atoms with Crippen molar-refractivity contribution in [3.8, 4) is 11.5 Å². The van der Waals surface area contributed by atoms with Crippen molar-refractivity contribution in [2.75, 3.05) is 26.4 Å². The van der Waals surface area contributed by atoms with Crippen LogP contribution >= 0.6 is 0 Å². The summed E-state index contributed by atoms with van der Waals surface area (Å²) in [4.78, 5) is 14.7. The van der Waals surface area contributed by atoms with Crippen molar-refractivity contribution in [2.45, 2.75) is 64.3 Å². The van der Waals surface area contributed by atoms with Crippen LogP contribution in [0.1, 0.15) is 63.9 Å². The maximum atomic E-state index is 12.3. The summed E-state index contributed by atoms with van der Waals surface area (Å²) in [5.41, 5.74) is 1.30. The van der Waals surface area contributed by atoms with Crippen molar-refractivity contribution in [3.63, 3.8) is 0 Å². The van der Waals surface area contributed by atoms with Gasteiger partial charge in [0.2, 0.25) is 12.7 Å². The van der Waals surface area contributed by atoms with E-state index >= 15 is 0 Å². The topological polar surface area (TPSA) is 50.8 Å².